The molecule has 11 heteroatoms. The molecule has 41 heavy (non-hydrogen) atoms. The Hall–Kier alpha value is -4.87. The maximum absolute atomic E-state index is 13.2. The highest BCUT2D eigenvalue weighted by Gasteiger charge is 2.51. The first-order valence-electron chi connectivity index (χ1n) is 12.6. The number of nitrogens with two attached hydrogens (primary N) is 1. The van der Waals surface area contributed by atoms with Crippen molar-refractivity contribution < 1.29 is 33.3 Å². The fourth-order valence-corrected chi connectivity index (χ4v) is 4.57. The van der Waals surface area contributed by atoms with Crippen molar-refractivity contribution in [3.63, 3.8) is 0 Å². The predicted octanol–water partition coefficient (Wildman–Crippen LogP) is 4.40. The van der Waals surface area contributed by atoms with Crippen LogP contribution >= 0.6 is 12.2 Å². The molecule has 2 heterocycles. The average Bonchev–Trinajstić information content (AvgIpc) is 3.33. The number of anilines is 1. The number of esters is 3. The van der Waals surface area contributed by atoms with Crippen LogP contribution in [-0.2, 0) is 18.9 Å². The zero-order chi connectivity index (χ0) is 28.8. The molecule has 0 saturated carbocycles. The summed E-state index contributed by atoms with van der Waals surface area (Å²) in [5, 5.41) is 0. The van der Waals surface area contributed by atoms with Gasteiger partial charge in [-0.3, -0.25) is 4.57 Å². The van der Waals surface area contributed by atoms with E-state index in [0.29, 0.717) is 5.56 Å². The number of nitrogens with zero attached hydrogens (tertiary/aromatic N) is 2. The molecule has 0 bridgehead atoms. The Balaban J connectivity index is 1.49. The van der Waals surface area contributed by atoms with Crippen molar-refractivity contribution in [3.05, 3.63) is 125 Å². The highest BCUT2D eigenvalue weighted by molar-refractivity contribution is 7.71. The Morgan fingerprint density at radius 3 is 1.76 bits per heavy atom. The molecule has 1 aliphatic heterocycles. The minimum Gasteiger partial charge on any atom is -0.459 e. The summed E-state index contributed by atoms with van der Waals surface area (Å²) in [5.74, 6) is -1.78. The van der Waals surface area contributed by atoms with Gasteiger partial charge in [0, 0.05) is 6.20 Å². The van der Waals surface area contributed by atoms with Crippen LogP contribution in [0.15, 0.2) is 103 Å². The van der Waals surface area contributed by atoms with Gasteiger partial charge in [-0.2, -0.15) is 0 Å². The first-order chi connectivity index (χ1) is 19.9. The summed E-state index contributed by atoms with van der Waals surface area (Å²) in [6, 6.07) is 26.6. The maximum Gasteiger partial charge on any atom is 0.338 e. The zero-order valence-electron chi connectivity index (χ0n) is 21.6. The van der Waals surface area contributed by atoms with Crippen LogP contribution in [0.4, 0.5) is 5.82 Å². The van der Waals surface area contributed by atoms with Crippen LogP contribution in [-0.4, -0.2) is 52.4 Å². The van der Waals surface area contributed by atoms with Crippen molar-refractivity contribution in [2.45, 2.75) is 24.5 Å². The molecule has 3 aromatic carbocycles. The summed E-state index contributed by atoms with van der Waals surface area (Å²) in [6.07, 6.45) is -2.98. The number of hydrogen-bond acceptors (Lipinski definition) is 10. The van der Waals surface area contributed by atoms with Gasteiger partial charge in [-0.1, -0.05) is 54.6 Å². The second-order valence-corrected chi connectivity index (χ2v) is 9.41. The Morgan fingerprint density at radius 1 is 0.756 bits per heavy atom. The van der Waals surface area contributed by atoms with Gasteiger partial charge in [0.2, 0.25) is 4.77 Å². The zero-order valence-corrected chi connectivity index (χ0v) is 22.4. The van der Waals surface area contributed by atoms with Gasteiger partial charge in [-0.25, -0.2) is 19.4 Å². The lowest BCUT2D eigenvalue weighted by molar-refractivity contribution is -0.0631. The van der Waals surface area contributed by atoms with Crippen molar-refractivity contribution in [2.75, 3.05) is 12.3 Å². The third kappa shape index (κ3) is 6.48. The van der Waals surface area contributed by atoms with E-state index >= 15 is 0 Å². The van der Waals surface area contributed by atoms with Gasteiger partial charge in [-0.15, -0.1) is 0 Å². The highest BCUT2D eigenvalue weighted by atomic mass is 32.1. The van der Waals surface area contributed by atoms with Gasteiger partial charge >= 0.3 is 17.9 Å². The van der Waals surface area contributed by atoms with Crippen molar-refractivity contribution >= 4 is 35.9 Å². The number of ether oxygens (including phenoxy) is 4. The van der Waals surface area contributed by atoms with Gasteiger partial charge in [-0.05, 0) is 54.7 Å². The molecule has 0 aliphatic carbocycles. The minimum absolute atomic E-state index is 0.0471. The van der Waals surface area contributed by atoms with E-state index in [1.807, 2.05) is 0 Å². The molecular formula is C30H25N3O7S. The van der Waals surface area contributed by atoms with E-state index in [1.54, 1.807) is 91.0 Å². The van der Waals surface area contributed by atoms with E-state index < -0.39 is 42.4 Å². The molecule has 1 saturated heterocycles. The number of nitrogen functional groups attached to an aromatic ring is 1. The third-order valence-corrected chi connectivity index (χ3v) is 6.61. The highest BCUT2D eigenvalue weighted by Crippen LogP contribution is 2.35. The molecule has 1 aromatic heterocycles. The fraction of sp³-hybridized carbons (Fsp3) is 0.167. The lowest BCUT2D eigenvalue weighted by Crippen LogP contribution is -2.41. The largest absolute Gasteiger partial charge is 0.459 e. The molecule has 1 aliphatic rings. The summed E-state index contributed by atoms with van der Waals surface area (Å²) >= 11 is 5.41. The molecule has 0 radical (unpaired) electrons. The lowest BCUT2D eigenvalue weighted by Gasteiger charge is -2.25. The van der Waals surface area contributed by atoms with Gasteiger partial charge in [0.15, 0.2) is 18.4 Å². The molecule has 4 aromatic rings. The van der Waals surface area contributed by atoms with Crippen molar-refractivity contribution in [3.8, 4) is 0 Å². The quantitative estimate of drug-likeness (QED) is 0.184. The standard InChI is InChI=1S/C30H25N3O7S/c31-23-16-17-33(30(41)32-23)26-25(40-29(36)21-14-8-3-9-15-21)24(39-28(35)20-12-6-2-7-13-20)22(38-26)18-37-27(34)19-10-4-1-5-11-19/h1-17,22,24-26H,18H2,(H2,31,32,41)/t22-,24-,25-,26-/m1/s1. The molecule has 1 fully saturated rings. The van der Waals surface area contributed by atoms with Gasteiger partial charge in [0.25, 0.3) is 0 Å². The van der Waals surface area contributed by atoms with Crippen molar-refractivity contribution in [1.29, 1.82) is 0 Å². The Bertz CT molecular complexity index is 1580. The van der Waals surface area contributed by atoms with Crippen molar-refractivity contribution in [2.24, 2.45) is 0 Å². The number of rotatable bonds is 8. The summed E-state index contributed by atoms with van der Waals surface area (Å²) in [4.78, 5) is 43.2. The van der Waals surface area contributed by atoms with Crippen molar-refractivity contribution in [1.82, 2.24) is 9.55 Å². The van der Waals surface area contributed by atoms with E-state index in [4.69, 9.17) is 36.9 Å². The maximum atomic E-state index is 13.2. The number of hydrogen-bond donors (Lipinski definition) is 1. The first-order valence-corrected chi connectivity index (χ1v) is 13.1. The molecule has 0 amide bonds. The molecule has 2 N–H and O–H groups in total. The lowest BCUT2D eigenvalue weighted by atomic mass is 10.1. The first kappa shape index (κ1) is 27.7. The van der Waals surface area contributed by atoms with Gasteiger partial charge < -0.3 is 24.7 Å². The number of benzene rings is 3. The van der Waals surface area contributed by atoms with Gasteiger partial charge in [0.05, 0.1) is 16.7 Å². The van der Waals surface area contributed by atoms with E-state index in [9.17, 15) is 14.4 Å². The smallest absolute Gasteiger partial charge is 0.338 e. The Labute approximate surface area is 240 Å². The Kier molecular flexibility index (Phi) is 8.47. The summed E-state index contributed by atoms with van der Waals surface area (Å²) in [6.45, 7) is -0.313. The molecule has 0 unspecified atom stereocenters. The van der Waals surface area contributed by atoms with Crippen LogP contribution in [0.5, 0.6) is 0 Å². The average molecular weight is 572 g/mol. The number of carbonyl (C=O) groups excluding carboxylic acids is 3. The van der Waals surface area contributed by atoms with E-state index in [-0.39, 0.29) is 28.3 Å². The van der Waals surface area contributed by atoms with Crippen LogP contribution in [0.1, 0.15) is 37.3 Å². The monoisotopic (exact) mass is 571 g/mol. The van der Waals surface area contributed by atoms with Crippen LogP contribution in [0.25, 0.3) is 0 Å². The van der Waals surface area contributed by atoms with Crippen LogP contribution in [0.3, 0.4) is 0 Å². The van der Waals surface area contributed by atoms with Crippen LogP contribution in [0.2, 0.25) is 0 Å². The van der Waals surface area contributed by atoms with E-state index in [0.717, 1.165) is 0 Å². The topological polar surface area (TPSA) is 132 Å². The fourth-order valence-electron chi connectivity index (χ4n) is 4.30. The second-order valence-electron chi connectivity index (χ2n) is 9.04. The molecule has 5 rings (SSSR count). The molecule has 208 valence electrons. The summed E-state index contributed by atoms with van der Waals surface area (Å²) in [7, 11) is 0. The number of aromatic nitrogens is 2. The summed E-state index contributed by atoms with van der Waals surface area (Å²) < 4.78 is 25.1. The van der Waals surface area contributed by atoms with Crippen LogP contribution < -0.4 is 5.73 Å². The van der Waals surface area contributed by atoms with Crippen LogP contribution in [0, 0.1) is 4.77 Å². The van der Waals surface area contributed by atoms with E-state index in [2.05, 4.69) is 4.98 Å². The second kappa shape index (κ2) is 12.5. The molecule has 0 spiro atoms. The number of carbonyl (C=O) groups is 3. The summed E-state index contributed by atoms with van der Waals surface area (Å²) in [5.41, 5.74) is 6.67. The molecule has 4 atom stereocenters. The third-order valence-electron chi connectivity index (χ3n) is 6.30. The molecular weight excluding hydrogens is 546 g/mol. The van der Waals surface area contributed by atoms with E-state index in [1.165, 1.54) is 16.8 Å². The minimum atomic E-state index is -1.20. The predicted molar refractivity (Wildman–Crippen MR) is 149 cm³/mol. The Morgan fingerprint density at radius 2 is 1.24 bits per heavy atom. The molecule has 10 nitrogen and oxygen atoms in total. The SMILES string of the molecule is Nc1ccn([C@@H]2O[C@H](COC(=O)c3ccccc3)[C@@H](OC(=O)c3ccccc3)[C@H]2OC(=O)c2ccccc2)c(=S)n1. The normalized spacial score (nSPS) is 19.7. The van der Waals surface area contributed by atoms with Gasteiger partial charge in [0.1, 0.15) is 18.5 Å².